The number of carboxylic acids is 1. The van der Waals surface area contributed by atoms with Gasteiger partial charge in [0.2, 0.25) is 0 Å². The van der Waals surface area contributed by atoms with Gasteiger partial charge in [-0.3, -0.25) is 9.48 Å². The van der Waals surface area contributed by atoms with Gasteiger partial charge in [-0.2, -0.15) is 5.10 Å². The van der Waals surface area contributed by atoms with E-state index in [-0.39, 0.29) is 18.3 Å². The number of halogens is 1. The lowest BCUT2D eigenvalue weighted by Crippen LogP contribution is -2.44. The molecule has 128 valence electrons. The van der Waals surface area contributed by atoms with Crippen LogP contribution in [-0.4, -0.2) is 37.6 Å². The van der Waals surface area contributed by atoms with E-state index < -0.39 is 17.3 Å². The minimum Gasteiger partial charge on any atom is -0.481 e. The average Bonchev–Trinajstić information content (AvgIpc) is 3.19. The molecule has 1 fully saturated rings. The van der Waals surface area contributed by atoms with Gasteiger partial charge in [-0.05, 0) is 42.9 Å². The third-order valence-corrected chi connectivity index (χ3v) is 5.22. The summed E-state index contributed by atoms with van der Waals surface area (Å²) in [5.74, 6) is -1.87. The third kappa shape index (κ3) is 3.03. The molecule has 2 N–H and O–H groups in total. The van der Waals surface area contributed by atoms with Crippen molar-refractivity contribution in [2.45, 2.75) is 25.8 Å². The molecule has 3 atom stereocenters. The van der Waals surface area contributed by atoms with Crippen molar-refractivity contribution in [3.05, 3.63) is 48.3 Å². The summed E-state index contributed by atoms with van der Waals surface area (Å²) in [4.78, 5) is 15.6. The molecular weight excluding hydrogens is 313 g/mol. The van der Waals surface area contributed by atoms with E-state index in [0.29, 0.717) is 25.8 Å². The molecule has 1 heterocycles. The first-order valence-corrected chi connectivity index (χ1v) is 7.95. The van der Waals surface area contributed by atoms with Crippen LogP contribution in [0.3, 0.4) is 0 Å². The molecule has 1 aliphatic carbocycles. The van der Waals surface area contributed by atoms with E-state index in [1.165, 1.54) is 24.8 Å². The minimum atomic E-state index is -0.897. The number of rotatable bonds is 6. The number of benzene rings is 1. The second kappa shape index (κ2) is 6.68. The fourth-order valence-electron chi connectivity index (χ4n) is 3.95. The summed E-state index contributed by atoms with van der Waals surface area (Å²) in [6.45, 7) is 0.0576. The van der Waals surface area contributed by atoms with Gasteiger partial charge in [-0.15, -0.1) is 0 Å². The van der Waals surface area contributed by atoms with E-state index in [1.807, 2.05) is 0 Å². The van der Waals surface area contributed by atoms with Crippen molar-refractivity contribution in [2.75, 3.05) is 6.61 Å². The summed E-state index contributed by atoms with van der Waals surface area (Å²) < 4.78 is 14.7. The Balaban J connectivity index is 1.90. The van der Waals surface area contributed by atoms with Crippen molar-refractivity contribution >= 4 is 5.97 Å². The van der Waals surface area contributed by atoms with E-state index in [1.54, 1.807) is 16.8 Å². The van der Waals surface area contributed by atoms with E-state index in [4.69, 9.17) is 0 Å². The number of aliphatic hydroxyl groups excluding tert-OH is 1. The maximum atomic E-state index is 13.1. The van der Waals surface area contributed by atoms with Crippen molar-refractivity contribution in [1.82, 2.24) is 14.8 Å². The fourth-order valence-corrected chi connectivity index (χ4v) is 3.95. The Bertz CT molecular complexity index is 690. The second-order valence-corrected chi connectivity index (χ2v) is 6.48. The zero-order chi connectivity index (χ0) is 17.2. The lowest BCUT2D eigenvalue weighted by atomic mass is 9.70. The fraction of sp³-hybridized carbons (Fsp3) is 0.471. The van der Waals surface area contributed by atoms with Crippen LogP contribution in [0, 0.1) is 23.1 Å². The molecule has 1 saturated carbocycles. The molecule has 0 bridgehead atoms. The average molecular weight is 333 g/mol. The molecule has 1 aromatic carbocycles. The summed E-state index contributed by atoms with van der Waals surface area (Å²) in [6.07, 6.45) is 4.73. The predicted octanol–water partition coefficient (Wildman–Crippen LogP) is 1.75. The molecule has 1 aromatic heterocycles. The van der Waals surface area contributed by atoms with E-state index in [2.05, 4.69) is 10.1 Å². The first kappa shape index (κ1) is 16.6. The van der Waals surface area contributed by atoms with Gasteiger partial charge in [-0.25, -0.2) is 9.37 Å². The van der Waals surface area contributed by atoms with Crippen LogP contribution in [0.25, 0.3) is 0 Å². The van der Waals surface area contributed by atoms with Gasteiger partial charge < -0.3 is 10.2 Å². The highest BCUT2D eigenvalue weighted by Crippen LogP contribution is 2.50. The summed E-state index contributed by atoms with van der Waals surface area (Å²) in [5, 5.41) is 23.8. The zero-order valence-corrected chi connectivity index (χ0v) is 13.2. The van der Waals surface area contributed by atoms with Gasteiger partial charge in [0.05, 0.1) is 19.1 Å². The van der Waals surface area contributed by atoms with Crippen molar-refractivity contribution < 1.29 is 19.4 Å². The standard InChI is InChI=1S/C17H20FN3O3/c18-14-4-1-12(2-5-14)7-13-3-6-15(16(23)24)17(13,9-22)8-21-11-19-10-20-21/h1-2,4-5,10-11,13,15,22H,3,6-9H2,(H,23,24)/t13-,15+,17-/m0/s1. The van der Waals surface area contributed by atoms with Gasteiger partial charge in [0.25, 0.3) is 0 Å². The molecule has 3 rings (SSSR count). The Morgan fingerprint density at radius 3 is 2.67 bits per heavy atom. The number of nitrogens with zero attached hydrogens (tertiary/aromatic N) is 3. The maximum absolute atomic E-state index is 13.1. The second-order valence-electron chi connectivity index (χ2n) is 6.48. The Morgan fingerprint density at radius 1 is 1.33 bits per heavy atom. The lowest BCUT2D eigenvalue weighted by Gasteiger charge is -2.37. The van der Waals surface area contributed by atoms with Crippen LogP contribution in [0.2, 0.25) is 0 Å². The van der Waals surface area contributed by atoms with Crippen LogP contribution in [-0.2, 0) is 17.8 Å². The SMILES string of the molecule is O=C(O)[C@H]1CC[C@@H](Cc2ccc(F)cc2)[C@@]1(CO)Cn1cncn1. The number of hydrogen-bond donors (Lipinski definition) is 2. The van der Waals surface area contributed by atoms with E-state index >= 15 is 0 Å². The number of hydrogen-bond acceptors (Lipinski definition) is 4. The van der Waals surface area contributed by atoms with Gasteiger partial charge in [-0.1, -0.05) is 12.1 Å². The van der Waals surface area contributed by atoms with E-state index in [0.717, 1.165) is 5.56 Å². The highest BCUT2D eigenvalue weighted by Gasteiger charge is 2.53. The topological polar surface area (TPSA) is 88.2 Å². The van der Waals surface area contributed by atoms with Crippen molar-refractivity contribution in [2.24, 2.45) is 17.3 Å². The number of carboxylic acid groups (broad SMARTS) is 1. The summed E-state index contributed by atoms with van der Waals surface area (Å²) >= 11 is 0. The van der Waals surface area contributed by atoms with Gasteiger partial charge in [0.1, 0.15) is 18.5 Å². The molecule has 0 saturated heterocycles. The van der Waals surface area contributed by atoms with Crippen LogP contribution in [0.5, 0.6) is 0 Å². The molecule has 6 nitrogen and oxygen atoms in total. The number of aliphatic hydroxyl groups is 1. The minimum absolute atomic E-state index is 0.0294. The van der Waals surface area contributed by atoms with Crippen LogP contribution >= 0.6 is 0 Å². The molecule has 0 unspecified atom stereocenters. The van der Waals surface area contributed by atoms with Gasteiger partial charge in [0.15, 0.2) is 0 Å². The monoisotopic (exact) mass is 333 g/mol. The zero-order valence-electron chi connectivity index (χ0n) is 13.2. The van der Waals surface area contributed by atoms with Gasteiger partial charge in [0, 0.05) is 5.41 Å². The smallest absolute Gasteiger partial charge is 0.307 e. The molecule has 0 spiro atoms. The number of aromatic nitrogens is 3. The maximum Gasteiger partial charge on any atom is 0.307 e. The number of carbonyl (C=O) groups is 1. The summed E-state index contributed by atoms with van der Waals surface area (Å²) in [6, 6.07) is 6.22. The Kier molecular flexibility index (Phi) is 4.62. The summed E-state index contributed by atoms with van der Waals surface area (Å²) in [7, 11) is 0. The molecular formula is C17H20FN3O3. The largest absolute Gasteiger partial charge is 0.481 e. The summed E-state index contributed by atoms with van der Waals surface area (Å²) in [5.41, 5.74) is 0.123. The Labute approximate surface area is 139 Å². The van der Waals surface area contributed by atoms with Crippen molar-refractivity contribution in [3.8, 4) is 0 Å². The molecule has 24 heavy (non-hydrogen) atoms. The van der Waals surface area contributed by atoms with Crippen LogP contribution in [0.4, 0.5) is 4.39 Å². The van der Waals surface area contributed by atoms with Crippen molar-refractivity contribution in [3.63, 3.8) is 0 Å². The normalized spacial score (nSPS) is 26.6. The quantitative estimate of drug-likeness (QED) is 0.841. The molecule has 1 aliphatic rings. The van der Waals surface area contributed by atoms with Crippen molar-refractivity contribution in [1.29, 1.82) is 0 Å². The first-order chi connectivity index (χ1) is 11.5. The Morgan fingerprint density at radius 2 is 2.08 bits per heavy atom. The highest BCUT2D eigenvalue weighted by atomic mass is 19.1. The Hall–Kier alpha value is -2.28. The van der Waals surface area contributed by atoms with Crippen LogP contribution in [0.1, 0.15) is 18.4 Å². The molecule has 0 amide bonds. The molecule has 2 aromatic rings. The number of aliphatic carboxylic acids is 1. The molecule has 0 radical (unpaired) electrons. The first-order valence-electron chi connectivity index (χ1n) is 7.95. The molecule has 7 heteroatoms. The van der Waals surface area contributed by atoms with E-state index in [9.17, 15) is 19.4 Å². The predicted molar refractivity (Wildman–Crippen MR) is 83.5 cm³/mol. The molecule has 0 aliphatic heterocycles. The highest BCUT2D eigenvalue weighted by molar-refractivity contribution is 5.71. The van der Waals surface area contributed by atoms with Crippen LogP contribution in [0.15, 0.2) is 36.9 Å². The van der Waals surface area contributed by atoms with Gasteiger partial charge >= 0.3 is 5.97 Å². The van der Waals surface area contributed by atoms with Crippen LogP contribution < -0.4 is 0 Å². The third-order valence-electron chi connectivity index (χ3n) is 5.22. The lowest BCUT2D eigenvalue weighted by molar-refractivity contribution is -0.148.